The summed E-state index contributed by atoms with van der Waals surface area (Å²) in [6, 6.07) is 11.8. The zero-order valence-corrected chi connectivity index (χ0v) is 17.5. The molecule has 0 aliphatic heterocycles. The molecule has 3 aromatic rings. The van der Waals surface area contributed by atoms with Gasteiger partial charge in [0.2, 0.25) is 9.84 Å². The summed E-state index contributed by atoms with van der Waals surface area (Å²) >= 11 is 0. The summed E-state index contributed by atoms with van der Waals surface area (Å²) in [6.45, 7) is 4.95. The number of amides is 1. The number of aromatic amines is 1. The third-order valence-corrected chi connectivity index (χ3v) is 6.32. The average molecular weight is 427 g/mol. The lowest BCUT2D eigenvalue weighted by molar-refractivity contribution is -0.118. The van der Waals surface area contributed by atoms with Gasteiger partial charge < -0.3 is 10.1 Å². The quantitative estimate of drug-likeness (QED) is 0.624. The Kier molecular flexibility index (Phi) is 6.02. The molecule has 3 rings (SSSR count). The normalized spacial score (nSPS) is 11.2. The van der Waals surface area contributed by atoms with Crippen molar-refractivity contribution < 1.29 is 17.9 Å². The number of H-pyrrole nitrogens is 1. The van der Waals surface area contributed by atoms with Crippen LogP contribution in [0.15, 0.2) is 63.2 Å². The van der Waals surface area contributed by atoms with Crippen LogP contribution in [0.4, 0.5) is 5.69 Å². The zero-order chi connectivity index (χ0) is 21.9. The van der Waals surface area contributed by atoms with Gasteiger partial charge in [0.15, 0.2) is 11.5 Å². The fourth-order valence-corrected chi connectivity index (χ4v) is 4.34. The second kappa shape index (κ2) is 8.50. The molecule has 0 bridgehead atoms. The number of carbonyl (C=O) groups excluding carboxylic acids is 1. The first-order chi connectivity index (χ1) is 14.2. The van der Waals surface area contributed by atoms with Gasteiger partial charge in [0, 0.05) is 5.69 Å². The van der Waals surface area contributed by atoms with Crippen molar-refractivity contribution in [2.45, 2.75) is 30.6 Å². The number of ether oxygens (including phenoxy) is 1. The maximum atomic E-state index is 12.8. The number of nitrogens with zero attached hydrogens (tertiary/aromatic N) is 1. The predicted octanol–water partition coefficient (Wildman–Crippen LogP) is 2.55. The van der Waals surface area contributed by atoms with Gasteiger partial charge in [0.05, 0.1) is 11.1 Å². The summed E-state index contributed by atoms with van der Waals surface area (Å²) in [5.41, 5.74) is 2.09. The summed E-state index contributed by atoms with van der Waals surface area (Å²) in [5.74, 6) is -0.445. The smallest absolute Gasteiger partial charge is 0.296 e. The molecule has 1 heterocycles. The molecule has 8 nitrogen and oxygen atoms in total. The van der Waals surface area contributed by atoms with Crippen molar-refractivity contribution in [2.75, 3.05) is 11.9 Å². The Morgan fingerprint density at radius 3 is 2.47 bits per heavy atom. The third kappa shape index (κ3) is 4.57. The van der Waals surface area contributed by atoms with Gasteiger partial charge in [0.1, 0.15) is 0 Å². The molecule has 0 atom stereocenters. The first-order valence-electron chi connectivity index (χ1n) is 9.08. The van der Waals surface area contributed by atoms with Crippen LogP contribution in [-0.2, 0) is 14.6 Å². The summed E-state index contributed by atoms with van der Waals surface area (Å²) in [5, 5.41) is 2.68. The monoisotopic (exact) mass is 427 g/mol. The van der Waals surface area contributed by atoms with Crippen molar-refractivity contribution in [2.24, 2.45) is 0 Å². The molecule has 0 radical (unpaired) electrons. The zero-order valence-electron chi connectivity index (χ0n) is 16.7. The fourth-order valence-electron chi connectivity index (χ4n) is 2.88. The summed E-state index contributed by atoms with van der Waals surface area (Å²) < 4.78 is 30.9. The third-order valence-electron chi connectivity index (χ3n) is 4.41. The van der Waals surface area contributed by atoms with E-state index in [0.29, 0.717) is 11.3 Å². The number of benzene rings is 2. The van der Waals surface area contributed by atoms with Crippen LogP contribution >= 0.6 is 0 Å². The van der Waals surface area contributed by atoms with E-state index in [1.54, 1.807) is 31.2 Å². The van der Waals surface area contributed by atoms with E-state index in [1.807, 2.05) is 26.0 Å². The van der Waals surface area contributed by atoms with Crippen molar-refractivity contribution in [1.82, 2.24) is 9.97 Å². The molecule has 0 saturated carbocycles. The number of hydrogen-bond donors (Lipinski definition) is 2. The lowest BCUT2D eigenvalue weighted by Crippen LogP contribution is -2.24. The highest BCUT2D eigenvalue weighted by Gasteiger charge is 2.24. The minimum atomic E-state index is -4.05. The van der Waals surface area contributed by atoms with Crippen LogP contribution in [0.5, 0.6) is 6.01 Å². The van der Waals surface area contributed by atoms with Gasteiger partial charge in [-0.05, 0) is 44.0 Å². The molecule has 156 valence electrons. The van der Waals surface area contributed by atoms with Crippen LogP contribution < -0.4 is 15.6 Å². The Morgan fingerprint density at radius 1 is 1.07 bits per heavy atom. The van der Waals surface area contributed by atoms with E-state index in [9.17, 15) is 18.0 Å². The molecule has 2 N–H and O–H groups in total. The van der Waals surface area contributed by atoms with Gasteiger partial charge in [-0.25, -0.2) is 13.4 Å². The Morgan fingerprint density at radius 2 is 1.80 bits per heavy atom. The van der Waals surface area contributed by atoms with Gasteiger partial charge in [-0.2, -0.15) is 0 Å². The average Bonchev–Trinajstić information content (AvgIpc) is 2.67. The van der Waals surface area contributed by atoms with E-state index >= 15 is 0 Å². The minimum Gasteiger partial charge on any atom is -0.455 e. The van der Waals surface area contributed by atoms with Crippen LogP contribution in [0.2, 0.25) is 0 Å². The topological polar surface area (TPSA) is 118 Å². The first kappa shape index (κ1) is 21.3. The maximum absolute atomic E-state index is 12.8. The molecular formula is C21H21N3O5S. The van der Waals surface area contributed by atoms with Gasteiger partial charge in [-0.3, -0.25) is 14.6 Å². The Labute approximate surface area is 173 Å². The van der Waals surface area contributed by atoms with E-state index in [1.165, 1.54) is 6.07 Å². The standard InChI is InChI=1S/C21H21N3O5S/c1-13-8-9-17(15(3)10-13)30(27,28)18-11-22-21(24-20(18)26)29-12-19(25)23-16-7-5-4-6-14(16)2/h4-11H,12H2,1-3H3,(H,23,25)(H,22,24,26). The van der Waals surface area contributed by atoms with Crippen molar-refractivity contribution in [1.29, 1.82) is 0 Å². The Balaban J connectivity index is 1.74. The van der Waals surface area contributed by atoms with Crippen LogP contribution in [0.1, 0.15) is 16.7 Å². The van der Waals surface area contributed by atoms with Crippen LogP contribution in [0, 0.1) is 20.8 Å². The van der Waals surface area contributed by atoms with E-state index in [2.05, 4.69) is 15.3 Å². The molecule has 0 aliphatic rings. The van der Waals surface area contributed by atoms with Gasteiger partial charge in [-0.15, -0.1) is 0 Å². The van der Waals surface area contributed by atoms with Crippen molar-refractivity contribution >= 4 is 21.4 Å². The van der Waals surface area contributed by atoms with Crippen molar-refractivity contribution in [3.63, 3.8) is 0 Å². The molecule has 1 aromatic heterocycles. The lowest BCUT2D eigenvalue weighted by Gasteiger charge is -2.10. The number of sulfone groups is 1. The van der Waals surface area contributed by atoms with E-state index in [4.69, 9.17) is 4.74 Å². The van der Waals surface area contributed by atoms with Gasteiger partial charge in [0.25, 0.3) is 17.5 Å². The van der Waals surface area contributed by atoms with Crippen LogP contribution in [0.25, 0.3) is 0 Å². The number of hydrogen-bond acceptors (Lipinski definition) is 6. The Bertz CT molecular complexity index is 1270. The maximum Gasteiger partial charge on any atom is 0.296 e. The Hall–Kier alpha value is -3.46. The summed E-state index contributed by atoms with van der Waals surface area (Å²) in [4.78, 5) is 30.1. The second-order valence-corrected chi connectivity index (χ2v) is 8.69. The minimum absolute atomic E-state index is 0.0340. The predicted molar refractivity (Wildman–Crippen MR) is 112 cm³/mol. The number of aryl methyl sites for hydroxylation is 3. The number of aromatic nitrogens is 2. The SMILES string of the molecule is Cc1ccc(S(=O)(=O)c2cnc(OCC(=O)Nc3ccccc3C)[nH]c2=O)c(C)c1. The highest BCUT2D eigenvalue weighted by atomic mass is 32.2. The van der Waals surface area contributed by atoms with E-state index in [0.717, 1.165) is 17.3 Å². The lowest BCUT2D eigenvalue weighted by atomic mass is 10.2. The summed E-state index contributed by atoms with van der Waals surface area (Å²) in [7, 11) is -4.05. The molecular weight excluding hydrogens is 406 g/mol. The molecule has 0 unspecified atom stereocenters. The number of rotatable bonds is 6. The van der Waals surface area contributed by atoms with E-state index in [-0.39, 0.29) is 10.9 Å². The molecule has 1 amide bonds. The van der Waals surface area contributed by atoms with Gasteiger partial charge in [-0.1, -0.05) is 35.9 Å². The molecule has 0 spiro atoms. The molecule has 2 aromatic carbocycles. The van der Waals surface area contributed by atoms with Crippen molar-refractivity contribution in [3.05, 3.63) is 75.7 Å². The number of nitrogens with one attached hydrogen (secondary N) is 2. The molecule has 0 aliphatic carbocycles. The number of anilines is 1. The van der Waals surface area contributed by atoms with Crippen LogP contribution in [0.3, 0.4) is 0 Å². The molecule has 9 heteroatoms. The summed E-state index contributed by atoms with van der Waals surface area (Å²) in [6.07, 6.45) is 0.933. The largest absolute Gasteiger partial charge is 0.455 e. The molecule has 0 fully saturated rings. The number of para-hydroxylation sites is 1. The van der Waals surface area contributed by atoms with Gasteiger partial charge >= 0.3 is 0 Å². The first-order valence-corrected chi connectivity index (χ1v) is 10.6. The van der Waals surface area contributed by atoms with E-state index < -0.39 is 32.8 Å². The molecule has 0 saturated heterocycles. The molecule has 30 heavy (non-hydrogen) atoms. The van der Waals surface area contributed by atoms with Crippen LogP contribution in [-0.4, -0.2) is 30.9 Å². The highest BCUT2D eigenvalue weighted by molar-refractivity contribution is 7.91. The number of carbonyl (C=O) groups is 1. The fraction of sp³-hybridized carbons (Fsp3) is 0.190. The van der Waals surface area contributed by atoms with Crippen molar-refractivity contribution in [3.8, 4) is 6.01 Å². The highest BCUT2D eigenvalue weighted by Crippen LogP contribution is 2.22. The second-order valence-electron chi connectivity index (χ2n) is 6.81.